The summed E-state index contributed by atoms with van der Waals surface area (Å²) in [5.41, 5.74) is -0.240. The van der Waals surface area contributed by atoms with Gasteiger partial charge in [0.05, 0.1) is 10.6 Å². The molecule has 0 saturated heterocycles. The molecule has 0 aliphatic heterocycles. The lowest BCUT2D eigenvalue weighted by atomic mass is 10.2. The first-order valence-corrected chi connectivity index (χ1v) is 8.82. The third kappa shape index (κ3) is 6.45. The Balaban J connectivity index is 1.84. The summed E-state index contributed by atoms with van der Waals surface area (Å²) in [5, 5.41) is 10.5. The Kier molecular flexibility index (Phi) is 7.27. The minimum absolute atomic E-state index is 0.0103. The molecule has 152 valence electrons. The third-order valence-electron chi connectivity index (χ3n) is 3.44. The lowest BCUT2D eigenvalue weighted by Gasteiger charge is -2.13. The average molecular weight is 417 g/mol. The van der Waals surface area contributed by atoms with E-state index in [0.29, 0.717) is 24.9 Å². The number of halogens is 4. The highest BCUT2D eigenvalue weighted by molar-refractivity contribution is 6.31. The van der Waals surface area contributed by atoms with Gasteiger partial charge in [-0.3, -0.25) is 0 Å². The second-order valence-corrected chi connectivity index (χ2v) is 6.16. The highest BCUT2D eigenvalue weighted by atomic mass is 35.5. The zero-order valence-corrected chi connectivity index (χ0v) is 16.0. The van der Waals surface area contributed by atoms with Gasteiger partial charge in [0.1, 0.15) is 5.82 Å². The maximum Gasteiger partial charge on any atom is 0.417 e. The van der Waals surface area contributed by atoms with Crippen LogP contribution in [0.15, 0.2) is 24.3 Å². The zero-order valence-electron chi connectivity index (χ0n) is 15.2. The van der Waals surface area contributed by atoms with Gasteiger partial charge in [-0.25, -0.2) is 9.78 Å². The Morgan fingerprint density at radius 3 is 2.57 bits per heavy atom. The van der Waals surface area contributed by atoms with Gasteiger partial charge in [-0.2, -0.15) is 18.2 Å². The van der Waals surface area contributed by atoms with Crippen molar-refractivity contribution in [2.75, 3.05) is 35.6 Å². The summed E-state index contributed by atoms with van der Waals surface area (Å²) in [6.45, 7) is 5.04. The van der Waals surface area contributed by atoms with Crippen LogP contribution in [-0.2, 0) is 6.18 Å². The lowest BCUT2D eigenvalue weighted by Crippen LogP contribution is -2.32. The van der Waals surface area contributed by atoms with Crippen molar-refractivity contribution >= 4 is 35.1 Å². The number of amides is 2. The van der Waals surface area contributed by atoms with Gasteiger partial charge in [0.15, 0.2) is 0 Å². The second kappa shape index (κ2) is 9.45. The highest BCUT2D eigenvalue weighted by Crippen LogP contribution is 2.36. The smallest absolute Gasteiger partial charge is 0.368 e. The van der Waals surface area contributed by atoms with Crippen LogP contribution in [0, 0.1) is 6.92 Å². The number of nitrogens with zero attached hydrogens (tertiary/aromatic N) is 2. The van der Waals surface area contributed by atoms with Crippen LogP contribution in [0.1, 0.15) is 18.2 Å². The van der Waals surface area contributed by atoms with E-state index < -0.39 is 22.8 Å². The van der Waals surface area contributed by atoms with Crippen LogP contribution < -0.4 is 21.3 Å². The predicted molar refractivity (Wildman–Crippen MR) is 103 cm³/mol. The fraction of sp³-hybridized carbons (Fsp3) is 0.353. The van der Waals surface area contributed by atoms with Crippen molar-refractivity contribution in [2.24, 2.45) is 0 Å². The summed E-state index contributed by atoms with van der Waals surface area (Å²) >= 11 is 5.55. The van der Waals surface area contributed by atoms with Crippen LogP contribution in [0.4, 0.5) is 35.4 Å². The fourth-order valence-corrected chi connectivity index (χ4v) is 2.48. The molecule has 2 aromatic rings. The van der Waals surface area contributed by atoms with E-state index in [9.17, 15) is 18.0 Å². The molecule has 0 unspecified atom stereocenters. The molecule has 0 aliphatic carbocycles. The van der Waals surface area contributed by atoms with E-state index in [-0.39, 0.29) is 12.2 Å². The molecule has 4 N–H and O–H groups in total. The number of carbonyl (C=O) groups is 1. The summed E-state index contributed by atoms with van der Waals surface area (Å²) in [4.78, 5) is 20.4. The minimum atomic E-state index is -4.60. The van der Waals surface area contributed by atoms with Crippen molar-refractivity contribution in [3.8, 4) is 0 Å². The van der Waals surface area contributed by atoms with Crippen LogP contribution >= 0.6 is 11.6 Å². The number of hydrogen-bond acceptors (Lipinski definition) is 5. The SMILES string of the molecule is CCNc1nc(C)cc(NCCNC(=O)Nc2ccc(Cl)c(C(F)(F)F)c2)n1. The number of aromatic nitrogens is 2. The van der Waals surface area contributed by atoms with Gasteiger partial charge >= 0.3 is 12.2 Å². The normalized spacial score (nSPS) is 11.1. The predicted octanol–water partition coefficient (Wildman–Crippen LogP) is 4.12. The molecular weight excluding hydrogens is 397 g/mol. The molecular formula is C17H20ClF3N6O. The molecule has 0 fully saturated rings. The molecule has 1 aromatic carbocycles. The maximum atomic E-state index is 12.8. The molecule has 0 saturated carbocycles. The number of alkyl halides is 3. The van der Waals surface area contributed by atoms with Gasteiger partial charge in [-0.1, -0.05) is 11.6 Å². The largest absolute Gasteiger partial charge is 0.417 e. The molecule has 0 spiro atoms. The van der Waals surface area contributed by atoms with Gasteiger partial charge < -0.3 is 21.3 Å². The van der Waals surface area contributed by atoms with Crippen LogP contribution in [0.25, 0.3) is 0 Å². The van der Waals surface area contributed by atoms with E-state index in [2.05, 4.69) is 31.2 Å². The molecule has 0 atom stereocenters. The first-order chi connectivity index (χ1) is 13.2. The quantitative estimate of drug-likeness (QED) is 0.510. The summed E-state index contributed by atoms with van der Waals surface area (Å²) in [7, 11) is 0. The standard InChI is InChI=1S/C17H20ClF3N6O/c1-3-22-15-25-10(2)8-14(27-15)23-6-7-24-16(28)26-11-4-5-13(18)12(9-11)17(19,20)21/h4-5,8-9H,3,6-7H2,1-2H3,(H2,24,26,28)(H2,22,23,25,27). The average Bonchev–Trinajstić information content (AvgIpc) is 2.59. The summed E-state index contributed by atoms with van der Waals surface area (Å²) in [5.74, 6) is 1.09. The van der Waals surface area contributed by atoms with Crippen LogP contribution in [-0.4, -0.2) is 35.6 Å². The number of urea groups is 1. The number of carbonyl (C=O) groups excluding carboxylic acids is 1. The second-order valence-electron chi connectivity index (χ2n) is 5.75. The van der Waals surface area contributed by atoms with Crippen molar-refractivity contribution < 1.29 is 18.0 Å². The molecule has 11 heteroatoms. The minimum Gasteiger partial charge on any atom is -0.368 e. The Bertz CT molecular complexity index is 831. The summed E-state index contributed by atoms with van der Waals surface area (Å²) < 4.78 is 38.5. The highest BCUT2D eigenvalue weighted by Gasteiger charge is 2.33. The van der Waals surface area contributed by atoms with E-state index in [1.807, 2.05) is 13.8 Å². The van der Waals surface area contributed by atoms with Gasteiger partial charge in [0, 0.05) is 37.1 Å². The molecule has 2 amide bonds. The number of hydrogen-bond donors (Lipinski definition) is 4. The molecule has 28 heavy (non-hydrogen) atoms. The van der Waals surface area contributed by atoms with Gasteiger partial charge in [-0.15, -0.1) is 0 Å². The number of aryl methyl sites for hydroxylation is 1. The summed E-state index contributed by atoms with van der Waals surface area (Å²) in [6, 6.07) is 4.28. The van der Waals surface area contributed by atoms with E-state index in [1.54, 1.807) is 6.07 Å². The van der Waals surface area contributed by atoms with Crippen LogP contribution in [0.3, 0.4) is 0 Å². The van der Waals surface area contributed by atoms with Crippen molar-refractivity contribution in [3.63, 3.8) is 0 Å². The van der Waals surface area contributed by atoms with Gasteiger partial charge in [0.25, 0.3) is 0 Å². The van der Waals surface area contributed by atoms with Gasteiger partial charge in [0.2, 0.25) is 5.95 Å². The number of rotatable bonds is 7. The van der Waals surface area contributed by atoms with E-state index in [4.69, 9.17) is 11.6 Å². The molecule has 2 rings (SSSR count). The number of nitrogens with one attached hydrogen (secondary N) is 4. The number of benzene rings is 1. The molecule has 1 heterocycles. The van der Waals surface area contributed by atoms with Crippen LogP contribution in [0.5, 0.6) is 0 Å². The Morgan fingerprint density at radius 1 is 1.14 bits per heavy atom. The molecule has 0 bridgehead atoms. The van der Waals surface area contributed by atoms with E-state index in [0.717, 1.165) is 17.8 Å². The van der Waals surface area contributed by atoms with E-state index >= 15 is 0 Å². The lowest BCUT2D eigenvalue weighted by molar-refractivity contribution is -0.137. The molecule has 0 aliphatic rings. The topological polar surface area (TPSA) is 91.0 Å². The first-order valence-electron chi connectivity index (χ1n) is 8.44. The van der Waals surface area contributed by atoms with Gasteiger partial charge in [-0.05, 0) is 32.0 Å². The van der Waals surface area contributed by atoms with E-state index in [1.165, 1.54) is 6.07 Å². The zero-order chi connectivity index (χ0) is 20.7. The fourth-order valence-electron chi connectivity index (χ4n) is 2.26. The monoisotopic (exact) mass is 416 g/mol. The van der Waals surface area contributed by atoms with Crippen molar-refractivity contribution in [2.45, 2.75) is 20.0 Å². The van der Waals surface area contributed by atoms with Crippen molar-refractivity contribution in [1.82, 2.24) is 15.3 Å². The Labute approximate surface area is 165 Å². The van der Waals surface area contributed by atoms with Crippen molar-refractivity contribution in [3.05, 3.63) is 40.5 Å². The summed E-state index contributed by atoms with van der Waals surface area (Å²) in [6.07, 6.45) is -4.60. The molecule has 1 aromatic heterocycles. The number of anilines is 3. The Morgan fingerprint density at radius 2 is 1.89 bits per heavy atom. The van der Waals surface area contributed by atoms with Crippen LogP contribution in [0.2, 0.25) is 5.02 Å². The molecule has 0 radical (unpaired) electrons. The third-order valence-corrected chi connectivity index (χ3v) is 3.76. The molecule has 7 nitrogen and oxygen atoms in total. The van der Waals surface area contributed by atoms with Crippen molar-refractivity contribution in [1.29, 1.82) is 0 Å². The maximum absolute atomic E-state index is 12.8. The first kappa shape index (κ1) is 21.5. The Hall–Kier alpha value is -2.75.